The second-order valence-corrected chi connectivity index (χ2v) is 7.33. The van der Waals surface area contributed by atoms with E-state index in [0.717, 1.165) is 60.5 Å². The first kappa shape index (κ1) is 21.5. The number of hydrogen-bond acceptors (Lipinski definition) is 8. The lowest BCUT2D eigenvalue weighted by molar-refractivity contribution is 0.410. The Labute approximate surface area is 176 Å². The highest BCUT2D eigenvalue weighted by atomic mass is 16.5. The number of rotatable bonds is 11. The van der Waals surface area contributed by atoms with Crippen LogP contribution in [-0.2, 0) is 12.8 Å². The maximum Gasteiger partial charge on any atom is 0.222 e. The van der Waals surface area contributed by atoms with Crippen molar-refractivity contribution in [3.8, 4) is 5.75 Å². The molecule has 2 heterocycles. The fourth-order valence-electron chi connectivity index (χ4n) is 3.51. The third kappa shape index (κ3) is 5.65. The zero-order chi connectivity index (χ0) is 21.3. The molecule has 4 N–H and O–H groups in total. The van der Waals surface area contributed by atoms with Gasteiger partial charge in [-0.3, -0.25) is 0 Å². The zero-order valence-corrected chi connectivity index (χ0v) is 17.9. The smallest absolute Gasteiger partial charge is 0.222 e. The number of unbranched alkanes of at least 4 members (excludes halogenated alkanes) is 1. The van der Waals surface area contributed by atoms with Gasteiger partial charge in [0.25, 0.3) is 0 Å². The molecule has 0 amide bonds. The van der Waals surface area contributed by atoms with Crippen LogP contribution in [0.2, 0.25) is 0 Å². The van der Waals surface area contributed by atoms with Crippen LogP contribution in [0.5, 0.6) is 5.75 Å². The molecule has 3 rings (SSSR count). The van der Waals surface area contributed by atoms with Crippen LogP contribution in [0.3, 0.4) is 0 Å². The minimum absolute atomic E-state index is 0.216. The normalized spacial score (nSPS) is 12.0. The molecule has 0 saturated heterocycles. The molecule has 1 aromatic carbocycles. The van der Waals surface area contributed by atoms with E-state index in [2.05, 4.69) is 48.9 Å². The Kier molecular flexibility index (Phi) is 7.53. The Bertz CT molecular complexity index is 929. The highest BCUT2D eigenvalue weighted by Gasteiger charge is 2.18. The van der Waals surface area contributed by atoms with E-state index >= 15 is 0 Å². The fraction of sp³-hybridized carbons (Fsp3) is 0.476. The lowest BCUT2D eigenvalue weighted by Gasteiger charge is -2.22. The summed E-state index contributed by atoms with van der Waals surface area (Å²) in [6.45, 7) is 4.16. The first-order chi connectivity index (χ1) is 14.6. The molecule has 2 aromatic heterocycles. The van der Waals surface area contributed by atoms with Crippen LogP contribution in [-0.4, -0.2) is 43.7 Å². The molecular weight excluding hydrogens is 380 g/mol. The van der Waals surface area contributed by atoms with Gasteiger partial charge in [-0.25, -0.2) is 4.98 Å². The average molecular weight is 411 g/mol. The van der Waals surface area contributed by atoms with Crippen molar-refractivity contribution in [2.24, 2.45) is 0 Å². The highest BCUT2D eigenvalue weighted by Crippen LogP contribution is 2.27. The highest BCUT2D eigenvalue weighted by molar-refractivity contribution is 5.53. The standard InChI is InChI=1S/C21H30N8O/c1-4-5-9-16(11-12-19-26-28-29-27-19)24-20-17(14(2)23-21(22)25-20)13-15-8-6-7-10-18(15)30-3/h6-8,10,16H,4-5,9,11-13H2,1-3H3,(H3,22,23,24,25)(H,26,27,28,29). The van der Waals surface area contributed by atoms with Crippen molar-refractivity contribution in [2.75, 3.05) is 18.2 Å². The Hall–Kier alpha value is -3.23. The summed E-state index contributed by atoms with van der Waals surface area (Å²) in [5, 5.41) is 17.9. The molecule has 9 nitrogen and oxygen atoms in total. The van der Waals surface area contributed by atoms with Crippen LogP contribution in [0.15, 0.2) is 24.3 Å². The second-order valence-electron chi connectivity index (χ2n) is 7.33. The van der Waals surface area contributed by atoms with Gasteiger partial charge in [0.15, 0.2) is 5.82 Å². The van der Waals surface area contributed by atoms with Crippen molar-refractivity contribution in [1.29, 1.82) is 0 Å². The van der Waals surface area contributed by atoms with Gasteiger partial charge in [0.2, 0.25) is 5.95 Å². The molecule has 0 aliphatic rings. The van der Waals surface area contributed by atoms with Crippen molar-refractivity contribution >= 4 is 11.8 Å². The first-order valence-electron chi connectivity index (χ1n) is 10.3. The van der Waals surface area contributed by atoms with Crippen molar-refractivity contribution < 1.29 is 4.74 Å². The van der Waals surface area contributed by atoms with Gasteiger partial charge in [-0.05, 0) is 31.4 Å². The molecule has 0 aliphatic carbocycles. The van der Waals surface area contributed by atoms with E-state index in [4.69, 9.17) is 10.5 Å². The van der Waals surface area contributed by atoms with Gasteiger partial charge in [-0.1, -0.05) is 43.2 Å². The van der Waals surface area contributed by atoms with E-state index in [0.29, 0.717) is 12.2 Å². The number of hydrogen-bond donors (Lipinski definition) is 3. The van der Waals surface area contributed by atoms with E-state index in [1.165, 1.54) is 0 Å². The van der Waals surface area contributed by atoms with Crippen LogP contribution in [0.1, 0.15) is 55.3 Å². The van der Waals surface area contributed by atoms with E-state index in [1.54, 1.807) is 7.11 Å². The van der Waals surface area contributed by atoms with E-state index in [9.17, 15) is 0 Å². The second kappa shape index (κ2) is 10.5. The summed E-state index contributed by atoms with van der Waals surface area (Å²) in [6.07, 6.45) is 5.52. The topological polar surface area (TPSA) is 128 Å². The monoisotopic (exact) mass is 410 g/mol. The Balaban J connectivity index is 1.84. The number of H-pyrrole nitrogens is 1. The van der Waals surface area contributed by atoms with Gasteiger partial charge in [-0.2, -0.15) is 10.2 Å². The number of anilines is 2. The van der Waals surface area contributed by atoms with Crippen molar-refractivity contribution in [3.05, 3.63) is 46.9 Å². The molecule has 3 aromatic rings. The Morgan fingerprint density at radius 2 is 2.03 bits per heavy atom. The van der Waals surface area contributed by atoms with Crippen LogP contribution in [0.25, 0.3) is 0 Å². The molecule has 30 heavy (non-hydrogen) atoms. The molecule has 0 radical (unpaired) electrons. The number of aryl methyl sites for hydroxylation is 2. The van der Waals surface area contributed by atoms with Crippen molar-refractivity contribution in [1.82, 2.24) is 30.6 Å². The molecular formula is C21H30N8O. The molecule has 160 valence electrons. The number of aromatic nitrogens is 6. The maximum atomic E-state index is 5.99. The molecule has 0 bridgehead atoms. The predicted octanol–water partition coefficient (Wildman–Crippen LogP) is 3.08. The quantitative estimate of drug-likeness (QED) is 0.440. The van der Waals surface area contributed by atoms with Gasteiger partial charge in [0, 0.05) is 30.1 Å². The third-order valence-electron chi connectivity index (χ3n) is 5.14. The lowest BCUT2D eigenvalue weighted by atomic mass is 10.0. The number of nitrogens with two attached hydrogens (primary N) is 1. The summed E-state index contributed by atoms with van der Waals surface area (Å²) in [6, 6.07) is 8.21. The lowest BCUT2D eigenvalue weighted by Crippen LogP contribution is -2.23. The number of aromatic amines is 1. The van der Waals surface area contributed by atoms with Gasteiger partial charge >= 0.3 is 0 Å². The van der Waals surface area contributed by atoms with E-state index in [-0.39, 0.29) is 12.0 Å². The van der Waals surface area contributed by atoms with Gasteiger partial charge in [0.05, 0.1) is 7.11 Å². The molecule has 0 aliphatic heterocycles. The summed E-state index contributed by atoms with van der Waals surface area (Å²) in [5.74, 6) is 2.61. The number of para-hydroxylation sites is 1. The van der Waals surface area contributed by atoms with Crippen LogP contribution in [0.4, 0.5) is 11.8 Å². The SMILES string of the molecule is CCCCC(CCc1nn[nH]n1)Nc1nc(N)nc(C)c1Cc1ccccc1OC. The molecule has 1 unspecified atom stereocenters. The Morgan fingerprint density at radius 3 is 2.77 bits per heavy atom. The number of methoxy groups -OCH3 is 1. The molecule has 1 atom stereocenters. The van der Waals surface area contributed by atoms with Crippen molar-refractivity contribution in [3.63, 3.8) is 0 Å². The largest absolute Gasteiger partial charge is 0.496 e. The van der Waals surface area contributed by atoms with Gasteiger partial charge < -0.3 is 15.8 Å². The molecule has 9 heteroatoms. The van der Waals surface area contributed by atoms with Crippen LogP contribution < -0.4 is 15.8 Å². The van der Waals surface area contributed by atoms with Crippen LogP contribution >= 0.6 is 0 Å². The molecule has 0 fully saturated rings. The van der Waals surface area contributed by atoms with Gasteiger partial charge in [0.1, 0.15) is 11.6 Å². The summed E-state index contributed by atoms with van der Waals surface area (Å²) in [7, 11) is 1.68. The zero-order valence-electron chi connectivity index (χ0n) is 17.9. The third-order valence-corrected chi connectivity index (χ3v) is 5.14. The van der Waals surface area contributed by atoms with E-state index < -0.39 is 0 Å². The number of ether oxygens (including phenoxy) is 1. The minimum Gasteiger partial charge on any atom is -0.496 e. The minimum atomic E-state index is 0.216. The summed E-state index contributed by atoms with van der Waals surface area (Å²) >= 11 is 0. The summed E-state index contributed by atoms with van der Waals surface area (Å²) in [5.41, 5.74) is 8.95. The average Bonchev–Trinajstić information content (AvgIpc) is 3.26. The summed E-state index contributed by atoms with van der Waals surface area (Å²) < 4.78 is 5.53. The molecule has 0 spiro atoms. The van der Waals surface area contributed by atoms with Gasteiger partial charge in [-0.15, -0.1) is 10.2 Å². The number of nitrogens with zero attached hydrogens (tertiary/aromatic N) is 5. The predicted molar refractivity (Wildman–Crippen MR) is 116 cm³/mol. The number of tetrazole rings is 1. The van der Waals surface area contributed by atoms with E-state index in [1.807, 2.05) is 25.1 Å². The number of benzene rings is 1. The molecule has 0 saturated carbocycles. The fourth-order valence-corrected chi connectivity index (χ4v) is 3.51. The summed E-state index contributed by atoms with van der Waals surface area (Å²) in [4.78, 5) is 8.94. The first-order valence-corrected chi connectivity index (χ1v) is 10.3. The number of nitrogen functional groups attached to an aromatic ring is 1. The Morgan fingerprint density at radius 1 is 1.20 bits per heavy atom. The van der Waals surface area contributed by atoms with Crippen molar-refractivity contribution in [2.45, 2.75) is 58.4 Å². The van der Waals surface area contributed by atoms with Crippen LogP contribution in [0, 0.1) is 6.92 Å². The number of nitrogens with one attached hydrogen (secondary N) is 2. The maximum absolute atomic E-state index is 5.99.